The molecule has 0 spiro atoms. The maximum absolute atomic E-state index is 12.5. The summed E-state index contributed by atoms with van der Waals surface area (Å²) in [7, 11) is 0. The first-order valence-corrected chi connectivity index (χ1v) is 9.64. The van der Waals surface area contributed by atoms with Gasteiger partial charge in [-0.3, -0.25) is 9.59 Å². The number of carbonyl (C=O) groups excluding carboxylic acids is 2. The van der Waals surface area contributed by atoms with E-state index in [0.717, 1.165) is 15.7 Å². The van der Waals surface area contributed by atoms with Crippen molar-refractivity contribution in [2.24, 2.45) is 5.92 Å². The zero-order valence-electron chi connectivity index (χ0n) is 15.0. The van der Waals surface area contributed by atoms with E-state index in [-0.39, 0.29) is 24.2 Å². The van der Waals surface area contributed by atoms with Crippen molar-refractivity contribution >= 4 is 33.4 Å². The van der Waals surface area contributed by atoms with E-state index < -0.39 is 0 Å². The highest BCUT2D eigenvalue weighted by Crippen LogP contribution is 2.23. The van der Waals surface area contributed by atoms with Crippen LogP contribution >= 0.6 is 15.9 Å². The van der Waals surface area contributed by atoms with Gasteiger partial charge in [-0.05, 0) is 41.3 Å². The fourth-order valence-electron chi connectivity index (χ4n) is 3.15. The Labute approximate surface area is 162 Å². The largest absolute Gasteiger partial charge is 0.338 e. The molecule has 1 fully saturated rings. The predicted molar refractivity (Wildman–Crippen MR) is 107 cm³/mol. The smallest absolute Gasteiger partial charge is 0.229 e. The van der Waals surface area contributed by atoms with Gasteiger partial charge in [-0.1, -0.05) is 54.0 Å². The summed E-state index contributed by atoms with van der Waals surface area (Å²) in [5, 5.41) is 2.94. The van der Waals surface area contributed by atoms with Crippen molar-refractivity contribution in [3.05, 3.63) is 64.1 Å². The van der Waals surface area contributed by atoms with E-state index >= 15 is 0 Å². The third-order valence-electron chi connectivity index (χ3n) is 4.69. The van der Waals surface area contributed by atoms with E-state index in [1.807, 2.05) is 48.5 Å². The molecule has 4 nitrogen and oxygen atoms in total. The molecule has 0 aliphatic carbocycles. The van der Waals surface area contributed by atoms with Crippen LogP contribution in [0.15, 0.2) is 53.0 Å². The number of anilines is 1. The van der Waals surface area contributed by atoms with Crippen LogP contribution in [0.4, 0.5) is 5.69 Å². The zero-order chi connectivity index (χ0) is 18.7. The van der Waals surface area contributed by atoms with Crippen molar-refractivity contribution in [2.75, 3.05) is 11.9 Å². The van der Waals surface area contributed by atoms with E-state index in [1.165, 1.54) is 5.56 Å². The van der Waals surface area contributed by atoms with Gasteiger partial charge < -0.3 is 10.2 Å². The van der Waals surface area contributed by atoms with Gasteiger partial charge in [0.25, 0.3) is 0 Å². The molecule has 5 heteroatoms. The van der Waals surface area contributed by atoms with Crippen LogP contribution in [0, 0.1) is 5.92 Å². The van der Waals surface area contributed by atoms with E-state index in [9.17, 15) is 9.59 Å². The second kappa shape index (κ2) is 8.04. The first kappa shape index (κ1) is 18.6. The van der Waals surface area contributed by atoms with E-state index in [1.54, 1.807) is 4.90 Å². The maximum Gasteiger partial charge on any atom is 0.229 e. The van der Waals surface area contributed by atoms with Crippen molar-refractivity contribution < 1.29 is 9.59 Å². The third kappa shape index (κ3) is 4.52. The number of rotatable bonds is 5. The maximum atomic E-state index is 12.5. The third-order valence-corrected chi connectivity index (χ3v) is 5.19. The van der Waals surface area contributed by atoms with Gasteiger partial charge in [0.05, 0.1) is 5.92 Å². The molecule has 1 heterocycles. The van der Waals surface area contributed by atoms with Crippen molar-refractivity contribution in [1.29, 1.82) is 0 Å². The van der Waals surface area contributed by atoms with Crippen LogP contribution in [0.25, 0.3) is 0 Å². The Hall–Kier alpha value is -2.14. The van der Waals surface area contributed by atoms with Crippen molar-refractivity contribution in [3.8, 4) is 0 Å². The van der Waals surface area contributed by atoms with Crippen LogP contribution in [0.1, 0.15) is 37.3 Å². The van der Waals surface area contributed by atoms with E-state index in [2.05, 4.69) is 35.1 Å². The molecule has 0 saturated carbocycles. The first-order valence-electron chi connectivity index (χ1n) is 8.85. The van der Waals surface area contributed by atoms with Gasteiger partial charge >= 0.3 is 0 Å². The average Bonchev–Trinajstić information content (AvgIpc) is 2.96. The Kier molecular flexibility index (Phi) is 5.77. The lowest BCUT2D eigenvalue weighted by Gasteiger charge is -2.17. The number of carbonyl (C=O) groups is 2. The Balaban J connectivity index is 1.59. The number of likely N-dealkylation sites (tertiary alicyclic amines) is 1. The van der Waals surface area contributed by atoms with Crippen molar-refractivity contribution in [2.45, 2.75) is 32.7 Å². The highest BCUT2D eigenvalue weighted by atomic mass is 79.9. The van der Waals surface area contributed by atoms with Crippen LogP contribution in [0.2, 0.25) is 0 Å². The van der Waals surface area contributed by atoms with Gasteiger partial charge in [0.15, 0.2) is 0 Å². The Morgan fingerprint density at radius 1 is 1.23 bits per heavy atom. The van der Waals surface area contributed by atoms with Crippen molar-refractivity contribution in [3.63, 3.8) is 0 Å². The van der Waals surface area contributed by atoms with Crippen LogP contribution < -0.4 is 5.32 Å². The molecule has 0 radical (unpaired) electrons. The Morgan fingerprint density at radius 2 is 1.96 bits per heavy atom. The molecule has 1 aliphatic rings. The summed E-state index contributed by atoms with van der Waals surface area (Å²) in [5.41, 5.74) is 3.06. The average molecular weight is 415 g/mol. The van der Waals surface area contributed by atoms with Crippen molar-refractivity contribution in [1.82, 2.24) is 4.90 Å². The molecule has 1 N–H and O–H groups in total. The number of hydrogen-bond donors (Lipinski definition) is 1. The number of nitrogens with zero attached hydrogens (tertiary/aromatic N) is 1. The number of amides is 2. The molecule has 1 atom stereocenters. The summed E-state index contributed by atoms with van der Waals surface area (Å²) >= 11 is 3.45. The topological polar surface area (TPSA) is 49.4 Å². The molecule has 0 bridgehead atoms. The summed E-state index contributed by atoms with van der Waals surface area (Å²) in [6.45, 7) is 5.27. The minimum absolute atomic E-state index is 0.0280. The van der Waals surface area contributed by atoms with Gasteiger partial charge in [-0.25, -0.2) is 0 Å². The lowest BCUT2D eigenvalue weighted by Crippen LogP contribution is -2.28. The molecular formula is C21H23BrN2O2. The Bertz CT molecular complexity index is 802. The lowest BCUT2D eigenvalue weighted by molar-refractivity contribution is -0.128. The van der Waals surface area contributed by atoms with E-state index in [4.69, 9.17) is 0 Å². The summed E-state index contributed by atoms with van der Waals surface area (Å²) in [6.07, 6.45) is 0.268. The number of benzene rings is 2. The van der Waals surface area contributed by atoms with Gasteiger partial charge in [-0.15, -0.1) is 0 Å². The SMILES string of the molecule is CC(C)c1ccc(NC(=O)[C@@H]2CC(=O)N(Cc3cccc(Br)c3)C2)cc1. The molecule has 1 saturated heterocycles. The highest BCUT2D eigenvalue weighted by molar-refractivity contribution is 9.10. The number of halogens is 1. The minimum Gasteiger partial charge on any atom is -0.338 e. The molecule has 2 amide bonds. The van der Waals surface area contributed by atoms with Crippen LogP contribution in [-0.2, 0) is 16.1 Å². The molecule has 2 aromatic rings. The molecule has 0 aromatic heterocycles. The summed E-state index contributed by atoms with van der Waals surface area (Å²) in [6, 6.07) is 15.8. The highest BCUT2D eigenvalue weighted by Gasteiger charge is 2.34. The quantitative estimate of drug-likeness (QED) is 0.779. The Morgan fingerprint density at radius 3 is 2.62 bits per heavy atom. The normalized spacial score (nSPS) is 17.0. The van der Waals surface area contributed by atoms with Crippen LogP contribution in [0.3, 0.4) is 0 Å². The van der Waals surface area contributed by atoms with Gasteiger partial charge in [0.2, 0.25) is 11.8 Å². The first-order chi connectivity index (χ1) is 12.4. The molecule has 136 valence electrons. The monoisotopic (exact) mass is 414 g/mol. The molecule has 0 unspecified atom stereocenters. The minimum atomic E-state index is -0.306. The second-order valence-electron chi connectivity index (χ2n) is 7.07. The summed E-state index contributed by atoms with van der Waals surface area (Å²) in [4.78, 5) is 26.6. The molecule has 2 aromatic carbocycles. The summed E-state index contributed by atoms with van der Waals surface area (Å²) in [5.74, 6) is 0.0888. The molecule has 26 heavy (non-hydrogen) atoms. The second-order valence-corrected chi connectivity index (χ2v) is 7.99. The van der Waals surface area contributed by atoms with E-state index in [0.29, 0.717) is 19.0 Å². The van der Waals surface area contributed by atoms with Gasteiger partial charge in [0.1, 0.15) is 0 Å². The van der Waals surface area contributed by atoms with Gasteiger partial charge in [0, 0.05) is 29.7 Å². The fourth-order valence-corrected chi connectivity index (χ4v) is 3.60. The number of hydrogen-bond acceptors (Lipinski definition) is 2. The van der Waals surface area contributed by atoms with Crippen LogP contribution in [-0.4, -0.2) is 23.3 Å². The van der Waals surface area contributed by atoms with Gasteiger partial charge in [-0.2, -0.15) is 0 Å². The lowest BCUT2D eigenvalue weighted by atomic mass is 10.0. The predicted octanol–water partition coefficient (Wildman–Crippen LogP) is 4.56. The zero-order valence-corrected chi connectivity index (χ0v) is 16.6. The fraction of sp³-hybridized carbons (Fsp3) is 0.333. The van der Waals surface area contributed by atoms with Crippen LogP contribution in [0.5, 0.6) is 0 Å². The summed E-state index contributed by atoms with van der Waals surface area (Å²) < 4.78 is 0.987. The molecule has 3 rings (SSSR count). The number of nitrogens with one attached hydrogen (secondary N) is 1. The molecule has 1 aliphatic heterocycles. The molecular weight excluding hydrogens is 392 g/mol. The standard InChI is InChI=1S/C21H23BrN2O2/c1-14(2)16-6-8-19(9-7-16)23-21(26)17-11-20(25)24(13-17)12-15-4-3-5-18(22)10-15/h3-10,14,17H,11-13H2,1-2H3,(H,23,26)/t17-/m1/s1.